The van der Waals surface area contributed by atoms with Crippen LogP contribution in [0.25, 0.3) is 6.08 Å². The number of hydrogen-bond donors (Lipinski definition) is 1. The van der Waals surface area contributed by atoms with Gasteiger partial charge in [0.05, 0.1) is 0 Å². The average Bonchev–Trinajstić information content (AvgIpc) is 2.69. The van der Waals surface area contributed by atoms with Gasteiger partial charge < -0.3 is 10.1 Å². The Kier molecular flexibility index (Phi) is 6.49. The Morgan fingerprint density at radius 3 is 2.48 bits per heavy atom. The van der Waals surface area contributed by atoms with Crippen molar-refractivity contribution in [1.82, 2.24) is 4.98 Å². The van der Waals surface area contributed by atoms with Crippen molar-refractivity contribution in [2.24, 2.45) is 0 Å². The first-order chi connectivity index (χ1) is 13.8. The summed E-state index contributed by atoms with van der Waals surface area (Å²) >= 11 is 3.40. The summed E-state index contributed by atoms with van der Waals surface area (Å²) in [6, 6.07) is 19.1. The molecule has 5 heteroatoms. The van der Waals surface area contributed by atoms with E-state index in [2.05, 4.69) is 47.0 Å². The minimum Gasteiger partial charge on any atom is -0.437 e. The van der Waals surface area contributed by atoms with Crippen LogP contribution in [0.2, 0.25) is 0 Å². The molecule has 1 N–H and O–H groups in total. The van der Waals surface area contributed by atoms with Gasteiger partial charge in [-0.05, 0) is 47.4 Å². The predicted octanol–water partition coefficient (Wildman–Crippen LogP) is 6.59. The van der Waals surface area contributed by atoms with Crippen molar-refractivity contribution in [2.45, 2.75) is 26.2 Å². The summed E-state index contributed by atoms with van der Waals surface area (Å²) in [7, 11) is 0. The third kappa shape index (κ3) is 5.78. The van der Waals surface area contributed by atoms with E-state index in [0.29, 0.717) is 11.6 Å². The minimum absolute atomic E-state index is 0.0812. The molecule has 0 fully saturated rings. The SMILES string of the molecule is CC(C)(C)c1ccccc1Oc1ncccc1NC(=O)C=Cc1ccc(Br)cc1. The summed E-state index contributed by atoms with van der Waals surface area (Å²) < 4.78 is 7.08. The molecule has 1 aromatic heterocycles. The number of aromatic nitrogens is 1. The van der Waals surface area contributed by atoms with E-state index in [-0.39, 0.29) is 11.3 Å². The van der Waals surface area contributed by atoms with E-state index in [1.165, 1.54) is 6.08 Å². The number of benzene rings is 2. The van der Waals surface area contributed by atoms with Crippen LogP contribution in [0.15, 0.2) is 77.4 Å². The summed E-state index contributed by atoms with van der Waals surface area (Å²) in [6.45, 7) is 6.38. The van der Waals surface area contributed by atoms with Crippen molar-refractivity contribution in [1.29, 1.82) is 0 Å². The van der Waals surface area contributed by atoms with Gasteiger partial charge >= 0.3 is 0 Å². The second kappa shape index (κ2) is 9.05. The highest BCUT2D eigenvalue weighted by Gasteiger charge is 2.20. The van der Waals surface area contributed by atoms with Crippen LogP contribution in [0.3, 0.4) is 0 Å². The van der Waals surface area contributed by atoms with Gasteiger partial charge in [0.15, 0.2) is 0 Å². The fourth-order valence-corrected chi connectivity index (χ4v) is 3.03. The molecule has 1 amide bonds. The van der Waals surface area contributed by atoms with E-state index >= 15 is 0 Å². The molecule has 3 rings (SSSR count). The highest BCUT2D eigenvalue weighted by Crippen LogP contribution is 2.35. The lowest BCUT2D eigenvalue weighted by Gasteiger charge is -2.22. The summed E-state index contributed by atoms with van der Waals surface area (Å²) in [5.74, 6) is 0.823. The van der Waals surface area contributed by atoms with Crippen LogP contribution in [0.4, 0.5) is 5.69 Å². The van der Waals surface area contributed by atoms with Gasteiger partial charge in [0.1, 0.15) is 11.4 Å². The number of nitrogens with one attached hydrogen (secondary N) is 1. The van der Waals surface area contributed by atoms with Crippen LogP contribution < -0.4 is 10.1 Å². The molecule has 0 saturated carbocycles. The molecule has 0 atom stereocenters. The Morgan fingerprint density at radius 1 is 1.03 bits per heavy atom. The lowest BCUT2D eigenvalue weighted by molar-refractivity contribution is -0.111. The molecule has 0 bridgehead atoms. The van der Waals surface area contributed by atoms with Gasteiger partial charge in [-0.3, -0.25) is 4.79 Å². The number of anilines is 1. The monoisotopic (exact) mass is 450 g/mol. The second-order valence-electron chi connectivity index (χ2n) is 7.58. The van der Waals surface area contributed by atoms with Crippen LogP contribution in [-0.2, 0) is 10.2 Å². The molecule has 0 unspecified atom stereocenters. The highest BCUT2D eigenvalue weighted by atomic mass is 79.9. The maximum Gasteiger partial charge on any atom is 0.248 e. The number of carbonyl (C=O) groups excluding carboxylic acids is 1. The smallest absolute Gasteiger partial charge is 0.248 e. The van der Waals surface area contributed by atoms with Gasteiger partial charge in [-0.25, -0.2) is 4.98 Å². The van der Waals surface area contributed by atoms with Gasteiger partial charge in [0, 0.05) is 22.3 Å². The lowest BCUT2D eigenvalue weighted by Crippen LogP contribution is -2.13. The van der Waals surface area contributed by atoms with Crippen molar-refractivity contribution in [3.63, 3.8) is 0 Å². The highest BCUT2D eigenvalue weighted by molar-refractivity contribution is 9.10. The van der Waals surface area contributed by atoms with Crippen molar-refractivity contribution in [2.75, 3.05) is 5.32 Å². The number of para-hydroxylation sites is 1. The molecule has 29 heavy (non-hydrogen) atoms. The molecule has 4 nitrogen and oxygen atoms in total. The zero-order valence-electron chi connectivity index (χ0n) is 16.6. The first-order valence-corrected chi connectivity index (χ1v) is 10.1. The standard InChI is InChI=1S/C24H23BrN2O2/c1-24(2,3)19-7-4-5-9-21(19)29-23-20(8-6-16-26-23)27-22(28)15-12-17-10-13-18(25)14-11-17/h4-16H,1-3H3,(H,27,28). The van der Waals surface area contributed by atoms with E-state index in [9.17, 15) is 4.79 Å². The van der Waals surface area contributed by atoms with E-state index in [0.717, 1.165) is 21.3 Å². The fourth-order valence-electron chi connectivity index (χ4n) is 2.77. The predicted molar refractivity (Wildman–Crippen MR) is 121 cm³/mol. The molecule has 2 aromatic carbocycles. The topological polar surface area (TPSA) is 51.2 Å². The van der Waals surface area contributed by atoms with Crippen LogP contribution in [0.1, 0.15) is 31.9 Å². The van der Waals surface area contributed by atoms with Gasteiger partial charge in [0.2, 0.25) is 11.8 Å². The zero-order valence-corrected chi connectivity index (χ0v) is 18.2. The number of hydrogen-bond acceptors (Lipinski definition) is 3. The fraction of sp³-hybridized carbons (Fsp3) is 0.167. The number of halogens is 1. The lowest BCUT2D eigenvalue weighted by atomic mass is 9.86. The van der Waals surface area contributed by atoms with Crippen LogP contribution in [0, 0.1) is 0 Å². The number of carbonyl (C=O) groups is 1. The number of ether oxygens (including phenoxy) is 1. The van der Waals surface area contributed by atoms with E-state index in [1.54, 1.807) is 24.4 Å². The molecular formula is C24H23BrN2O2. The van der Waals surface area contributed by atoms with E-state index < -0.39 is 0 Å². The van der Waals surface area contributed by atoms with Crippen molar-refractivity contribution in [3.05, 3.63) is 88.5 Å². The van der Waals surface area contributed by atoms with Gasteiger partial charge in [-0.1, -0.05) is 67.0 Å². The zero-order chi connectivity index (χ0) is 20.9. The van der Waals surface area contributed by atoms with Gasteiger partial charge in [-0.15, -0.1) is 0 Å². The maximum absolute atomic E-state index is 12.4. The maximum atomic E-state index is 12.4. The molecule has 0 aliphatic rings. The Hall–Kier alpha value is -2.92. The minimum atomic E-state index is -0.255. The first-order valence-electron chi connectivity index (χ1n) is 9.30. The Morgan fingerprint density at radius 2 is 1.76 bits per heavy atom. The molecule has 148 valence electrons. The molecule has 0 spiro atoms. The number of nitrogens with zero attached hydrogens (tertiary/aromatic N) is 1. The normalized spacial score (nSPS) is 11.4. The average molecular weight is 451 g/mol. The van der Waals surface area contributed by atoms with Crippen molar-refractivity contribution < 1.29 is 9.53 Å². The molecular weight excluding hydrogens is 428 g/mol. The molecule has 0 saturated heterocycles. The third-order valence-electron chi connectivity index (χ3n) is 4.23. The quantitative estimate of drug-likeness (QED) is 0.446. The van der Waals surface area contributed by atoms with E-state index in [4.69, 9.17) is 4.74 Å². The molecule has 0 aliphatic heterocycles. The molecule has 0 aliphatic carbocycles. The Bertz CT molecular complexity index is 1020. The molecule has 3 aromatic rings. The Balaban J connectivity index is 1.78. The van der Waals surface area contributed by atoms with Gasteiger partial charge in [-0.2, -0.15) is 0 Å². The van der Waals surface area contributed by atoms with E-state index in [1.807, 2.05) is 48.5 Å². The summed E-state index contributed by atoms with van der Waals surface area (Å²) in [5, 5.41) is 2.85. The van der Waals surface area contributed by atoms with Crippen molar-refractivity contribution >= 4 is 33.6 Å². The largest absolute Gasteiger partial charge is 0.437 e. The summed E-state index contributed by atoms with van der Waals surface area (Å²) in [4.78, 5) is 16.7. The second-order valence-corrected chi connectivity index (χ2v) is 8.49. The molecule has 1 heterocycles. The summed E-state index contributed by atoms with van der Waals surface area (Å²) in [5.41, 5.74) is 2.44. The first kappa shape index (κ1) is 20.8. The molecule has 0 radical (unpaired) electrons. The van der Waals surface area contributed by atoms with Crippen LogP contribution in [-0.4, -0.2) is 10.9 Å². The summed E-state index contributed by atoms with van der Waals surface area (Å²) in [6.07, 6.45) is 4.89. The third-order valence-corrected chi connectivity index (χ3v) is 4.76. The number of amides is 1. The Labute approximate surface area is 179 Å². The number of rotatable bonds is 5. The van der Waals surface area contributed by atoms with Gasteiger partial charge in [0.25, 0.3) is 0 Å². The number of pyridine rings is 1. The van der Waals surface area contributed by atoms with Crippen LogP contribution in [0.5, 0.6) is 11.6 Å². The van der Waals surface area contributed by atoms with Crippen LogP contribution >= 0.6 is 15.9 Å². The van der Waals surface area contributed by atoms with Crippen molar-refractivity contribution in [3.8, 4) is 11.6 Å².